The third-order valence-corrected chi connectivity index (χ3v) is 2.55. The number of carbonyl (C=O) groups excluding carboxylic acids is 1. The topological polar surface area (TPSA) is 64.0 Å². The van der Waals surface area contributed by atoms with Crippen molar-refractivity contribution in [1.82, 2.24) is 15.1 Å². The normalized spacial score (nSPS) is 12.6. The molecule has 5 nitrogen and oxygen atoms in total. The molecule has 0 spiro atoms. The van der Waals surface area contributed by atoms with E-state index in [2.05, 4.69) is 10.4 Å². The van der Waals surface area contributed by atoms with Crippen LogP contribution in [0.1, 0.15) is 31.3 Å². The van der Waals surface area contributed by atoms with Crippen LogP contribution in [0.4, 0.5) is 0 Å². The Morgan fingerprint density at radius 1 is 1.38 bits per heavy atom. The summed E-state index contributed by atoms with van der Waals surface area (Å²) in [5, 5.41) is 6.70. The van der Waals surface area contributed by atoms with Crippen molar-refractivity contribution >= 4 is 5.91 Å². The minimum atomic E-state index is -0.253. The maximum atomic E-state index is 11.7. The van der Waals surface area contributed by atoms with Crippen LogP contribution in [-0.2, 0) is 7.05 Å². The van der Waals surface area contributed by atoms with E-state index >= 15 is 0 Å². The second-order valence-corrected chi connectivity index (χ2v) is 4.19. The van der Waals surface area contributed by atoms with Crippen LogP contribution in [0.2, 0.25) is 0 Å². The molecule has 1 N–H and O–H groups in total. The lowest BCUT2D eigenvalue weighted by Gasteiger charge is -2.16. The number of nitrogens with zero attached hydrogens (tertiary/aromatic N) is 2. The highest BCUT2D eigenvalue weighted by Gasteiger charge is 2.13. The molecular formula is C11H17N3O2. The Bertz CT molecular complexity index is 437. The van der Waals surface area contributed by atoms with Gasteiger partial charge in [-0.2, -0.15) is 5.10 Å². The molecule has 0 saturated carbocycles. The molecule has 0 aliphatic rings. The van der Waals surface area contributed by atoms with Crippen LogP contribution in [0.25, 0.3) is 0 Å². The van der Waals surface area contributed by atoms with Gasteiger partial charge in [-0.05, 0) is 18.9 Å². The minimum Gasteiger partial charge on any atom is -0.348 e. The van der Waals surface area contributed by atoms with Crippen LogP contribution in [0, 0.1) is 5.92 Å². The van der Waals surface area contributed by atoms with Crippen molar-refractivity contribution in [1.29, 1.82) is 0 Å². The van der Waals surface area contributed by atoms with Crippen LogP contribution >= 0.6 is 0 Å². The van der Waals surface area contributed by atoms with E-state index in [1.165, 1.54) is 19.2 Å². The van der Waals surface area contributed by atoms with Gasteiger partial charge in [-0.15, -0.1) is 0 Å². The van der Waals surface area contributed by atoms with Crippen molar-refractivity contribution in [2.75, 3.05) is 0 Å². The van der Waals surface area contributed by atoms with Gasteiger partial charge in [0, 0.05) is 19.2 Å². The molecule has 1 aromatic rings. The number of hydrogen-bond donors (Lipinski definition) is 1. The van der Waals surface area contributed by atoms with Gasteiger partial charge >= 0.3 is 0 Å². The Balaban J connectivity index is 2.81. The van der Waals surface area contributed by atoms with Gasteiger partial charge in [0.2, 0.25) is 0 Å². The van der Waals surface area contributed by atoms with E-state index in [-0.39, 0.29) is 23.2 Å². The summed E-state index contributed by atoms with van der Waals surface area (Å²) in [5.74, 6) is 0.105. The molecule has 88 valence electrons. The van der Waals surface area contributed by atoms with Crippen molar-refractivity contribution in [3.63, 3.8) is 0 Å². The fourth-order valence-electron chi connectivity index (χ4n) is 1.07. The second kappa shape index (κ2) is 4.92. The Morgan fingerprint density at radius 2 is 2.00 bits per heavy atom. The van der Waals surface area contributed by atoms with E-state index in [1.54, 1.807) is 0 Å². The third kappa shape index (κ3) is 2.92. The molecule has 5 heteroatoms. The van der Waals surface area contributed by atoms with Crippen molar-refractivity contribution in [2.45, 2.75) is 26.8 Å². The summed E-state index contributed by atoms with van der Waals surface area (Å²) < 4.78 is 1.15. The number of carbonyl (C=O) groups is 1. The highest BCUT2D eigenvalue weighted by molar-refractivity contribution is 5.92. The smallest absolute Gasteiger partial charge is 0.271 e. The summed E-state index contributed by atoms with van der Waals surface area (Å²) in [6.07, 6.45) is 0. The van der Waals surface area contributed by atoms with Crippen LogP contribution in [-0.4, -0.2) is 21.7 Å². The van der Waals surface area contributed by atoms with Crippen molar-refractivity contribution in [3.8, 4) is 0 Å². The Labute approximate surface area is 94.5 Å². The minimum absolute atomic E-state index is 0.0755. The molecule has 16 heavy (non-hydrogen) atoms. The Hall–Kier alpha value is -1.65. The van der Waals surface area contributed by atoms with Gasteiger partial charge in [0.05, 0.1) is 0 Å². The largest absolute Gasteiger partial charge is 0.348 e. The van der Waals surface area contributed by atoms with Crippen LogP contribution in [0.3, 0.4) is 0 Å². The van der Waals surface area contributed by atoms with Crippen LogP contribution in [0.15, 0.2) is 16.9 Å². The summed E-state index contributed by atoms with van der Waals surface area (Å²) in [7, 11) is 1.52. The number of aromatic nitrogens is 2. The molecule has 0 fully saturated rings. The lowest BCUT2D eigenvalue weighted by atomic mass is 10.1. The zero-order valence-electron chi connectivity index (χ0n) is 10.0. The standard InChI is InChI=1S/C11H17N3O2/c1-7(2)8(3)12-11(16)9-5-6-10(15)14(4)13-9/h5-8H,1-4H3,(H,12,16)/t8-/m1/s1. The summed E-state index contributed by atoms with van der Waals surface area (Å²) in [4.78, 5) is 22.8. The SMILES string of the molecule is CC(C)[C@@H](C)NC(=O)c1ccc(=O)n(C)n1. The first-order valence-electron chi connectivity index (χ1n) is 5.27. The molecule has 0 aromatic carbocycles. The van der Waals surface area contributed by atoms with Crippen molar-refractivity contribution in [2.24, 2.45) is 13.0 Å². The Kier molecular flexibility index (Phi) is 3.82. The molecule has 0 aliphatic carbocycles. The summed E-state index contributed by atoms with van der Waals surface area (Å²) in [6, 6.07) is 2.85. The van der Waals surface area contributed by atoms with Gasteiger partial charge in [-0.25, -0.2) is 4.68 Å². The maximum Gasteiger partial charge on any atom is 0.271 e. The predicted molar refractivity (Wildman–Crippen MR) is 61.2 cm³/mol. The summed E-state index contributed by atoms with van der Waals surface area (Å²) in [6.45, 7) is 5.99. The molecule has 1 atom stereocenters. The first kappa shape index (κ1) is 12.4. The fourth-order valence-corrected chi connectivity index (χ4v) is 1.07. The van der Waals surface area contributed by atoms with E-state index in [1.807, 2.05) is 20.8 Å². The number of nitrogens with one attached hydrogen (secondary N) is 1. The number of aryl methyl sites for hydroxylation is 1. The van der Waals surface area contributed by atoms with E-state index in [4.69, 9.17) is 0 Å². The lowest BCUT2D eigenvalue weighted by molar-refractivity contribution is 0.0923. The van der Waals surface area contributed by atoms with E-state index in [0.717, 1.165) is 4.68 Å². The first-order chi connectivity index (χ1) is 7.41. The van der Waals surface area contributed by atoms with Gasteiger partial charge in [0.25, 0.3) is 11.5 Å². The van der Waals surface area contributed by atoms with E-state index in [9.17, 15) is 9.59 Å². The predicted octanol–water partition coefficient (Wildman–Crippen LogP) is 0.555. The monoisotopic (exact) mass is 223 g/mol. The molecule has 1 heterocycles. The maximum absolute atomic E-state index is 11.7. The highest BCUT2D eigenvalue weighted by Crippen LogP contribution is 2.01. The van der Waals surface area contributed by atoms with E-state index < -0.39 is 0 Å². The van der Waals surface area contributed by atoms with Crippen molar-refractivity contribution < 1.29 is 4.79 Å². The molecule has 0 radical (unpaired) electrons. The molecule has 0 saturated heterocycles. The molecule has 0 bridgehead atoms. The number of rotatable bonds is 3. The van der Waals surface area contributed by atoms with Gasteiger partial charge in [-0.1, -0.05) is 13.8 Å². The molecule has 1 amide bonds. The average molecular weight is 223 g/mol. The van der Waals surface area contributed by atoms with Crippen LogP contribution in [0.5, 0.6) is 0 Å². The highest BCUT2D eigenvalue weighted by atomic mass is 16.2. The summed E-state index contributed by atoms with van der Waals surface area (Å²) in [5.41, 5.74) is 0.0306. The molecule has 1 rings (SSSR count). The molecular weight excluding hydrogens is 206 g/mol. The van der Waals surface area contributed by atoms with Crippen LogP contribution < -0.4 is 10.9 Å². The van der Waals surface area contributed by atoms with E-state index in [0.29, 0.717) is 5.92 Å². The second-order valence-electron chi connectivity index (χ2n) is 4.19. The quantitative estimate of drug-likeness (QED) is 0.814. The van der Waals surface area contributed by atoms with Gasteiger partial charge < -0.3 is 5.32 Å². The zero-order chi connectivity index (χ0) is 12.3. The fraction of sp³-hybridized carbons (Fsp3) is 0.545. The Morgan fingerprint density at radius 3 is 2.50 bits per heavy atom. The molecule has 0 unspecified atom stereocenters. The number of amides is 1. The summed E-state index contributed by atoms with van der Waals surface area (Å²) >= 11 is 0. The van der Waals surface area contributed by atoms with Crippen molar-refractivity contribution in [3.05, 3.63) is 28.2 Å². The third-order valence-electron chi connectivity index (χ3n) is 2.55. The van der Waals surface area contributed by atoms with Gasteiger partial charge in [-0.3, -0.25) is 9.59 Å². The average Bonchev–Trinajstić information content (AvgIpc) is 2.21. The lowest BCUT2D eigenvalue weighted by Crippen LogP contribution is -2.37. The first-order valence-corrected chi connectivity index (χ1v) is 5.27. The molecule has 0 aliphatic heterocycles. The molecule has 1 aromatic heterocycles. The number of hydrogen-bond acceptors (Lipinski definition) is 3. The van der Waals surface area contributed by atoms with Gasteiger partial charge in [0.15, 0.2) is 0 Å². The van der Waals surface area contributed by atoms with Gasteiger partial charge in [0.1, 0.15) is 5.69 Å². The zero-order valence-corrected chi connectivity index (χ0v) is 10.0.